The Hall–Kier alpha value is -3.03. The fourth-order valence-corrected chi connectivity index (χ4v) is 5.81. The zero-order chi connectivity index (χ0) is 21.6. The number of nitrogens with zero attached hydrogens (tertiary/aromatic N) is 1. The van der Waals surface area contributed by atoms with E-state index in [0.29, 0.717) is 40.9 Å². The van der Waals surface area contributed by atoms with Crippen molar-refractivity contribution in [1.82, 2.24) is 0 Å². The minimum atomic E-state index is -3.34. The zero-order valence-electron chi connectivity index (χ0n) is 16.4. The Morgan fingerprint density at radius 2 is 1.65 bits per heavy atom. The lowest BCUT2D eigenvalue weighted by Crippen LogP contribution is -2.26. The lowest BCUT2D eigenvalue weighted by Gasteiger charge is -2.27. The highest BCUT2D eigenvalue weighted by Crippen LogP contribution is 2.44. The highest BCUT2D eigenvalue weighted by atomic mass is 35.5. The maximum Gasteiger partial charge on any atom is 0.236 e. The van der Waals surface area contributed by atoms with Gasteiger partial charge in [-0.05, 0) is 36.8 Å². The number of para-hydroxylation sites is 2. The molecule has 31 heavy (non-hydrogen) atoms. The van der Waals surface area contributed by atoms with Gasteiger partial charge in [-0.25, -0.2) is 8.42 Å². The summed E-state index contributed by atoms with van der Waals surface area (Å²) in [6, 6.07) is 19.7. The topological polar surface area (TPSA) is 75.7 Å². The van der Waals surface area contributed by atoms with Gasteiger partial charge in [0.1, 0.15) is 11.5 Å². The molecule has 0 saturated carbocycles. The fraction of sp³-hybridized carbons (Fsp3) is 0.174. The van der Waals surface area contributed by atoms with Gasteiger partial charge in [-0.1, -0.05) is 48.0 Å². The van der Waals surface area contributed by atoms with Crippen molar-refractivity contribution < 1.29 is 17.9 Å². The van der Waals surface area contributed by atoms with Gasteiger partial charge in [0.2, 0.25) is 15.9 Å². The first kappa shape index (κ1) is 19.9. The van der Waals surface area contributed by atoms with E-state index in [1.165, 1.54) is 4.31 Å². The molecule has 2 heterocycles. The first-order valence-electron chi connectivity index (χ1n) is 9.90. The van der Waals surface area contributed by atoms with Gasteiger partial charge in [-0.15, -0.1) is 0 Å². The van der Waals surface area contributed by atoms with E-state index in [2.05, 4.69) is 5.32 Å². The molecule has 0 aliphatic carbocycles. The van der Waals surface area contributed by atoms with E-state index in [4.69, 9.17) is 16.3 Å². The van der Waals surface area contributed by atoms with Gasteiger partial charge < -0.3 is 10.1 Å². The van der Waals surface area contributed by atoms with Gasteiger partial charge in [-0.2, -0.15) is 0 Å². The van der Waals surface area contributed by atoms with Crippen LogP contribution in [-0.2, 0) is 14.8 Å². The molecule has 0 spiro atoms. The number of rotatable bonds is 3. The molecule has 2 aliphatic rings. The number of carbonyl (C=O) groups is 1. The van der Waals surface area contributed by atoms with Crippen LogP contribution in [0.5, 0.6) is 11.5 Å². The molecule has 1 N–H and O–H groups in total. The van der Waals surface area contributed by atoms with E-state index in [-0.39, 0.29) is 11.7 Å². The number of hydrogen-bond donors (Lipinski definition) is 1. The molecule has 6 nitrogen and oxygen atoms in total. The largest absolute Gasteiger partial charge is 0.457 e. The molecule has 0 bridgehead atoms. The lowest BCUT2D eigenvalue weighted by atomic mass is 9.87. The van der Waals surface area contributed by atoms with Crippen LogP contribution in [0.25, 0.3) is 0 Å². The molecule has 1 amide bonds. The third kappa shape index (κ3) is 3.54. The van der Waals surface area contributed by atoms with Gasteiger partial charge in [-0.3, -0.25) is 9.10 Å². The van der Waals surface area contributed by atoms with Crippen molar-refractivity contribution in [2.45, 2.75) is 12.3 Å². The normalized spacial score (nSPS) is 16.9. The number of amides is 1. The Morgan fingerprint density at radius 1 is 1.00 bits per heavy atom. The summed E-state index contributed by atoms with van der Waals surface area (Å²) in [5.41, 5.74) is 2.37. The van der Waals surface area contributed by atoms with E-state index in [9.17, 15) is 13.2 Å². The summed E-state index contributed by atoms with van der Waals surface area (Å²) in [5.74, 6) is 0.518. The highest BCUT2D eigenvalue weighted by molar-refractivity contribution is 7.93. The summed E-state index contributed by atoms with van der Waals surface area (Å²) in [6.45, 7) is 0.415. The minimum Gasteiger partial charge on any atom is -0.457 e. The zero-order valence-corrected chi connectivity index (χ0v) is 18.0. The fourth-order valence-electron chi connectivity index (χ4n) is 4.09. The van der Waals surface area contributed by atoms with Gasteiger partial charge in [0, 0.05) is 17.7 Å². The molecular formula is C23H19ClN2O4S. The third-order valence-electron chi connectivity index (χ3n) is 5.54. The Kier molecular flexibility index (Phi) is 4.87. The van der Waals surface area contributed by atoms with Gasteiger partial charge >= 0.3 is 0 Å². The quantitative estimate of drug-likeness (QED) is 0.619. The van der Waals surface area contributed by atoms with Crippen molar-refractivity contribution in [3.05, 3.63) is 82.9 Å². The van der Waals surface area contributed by atoms with Crippen molar-refractivity contribution in [1.29, 1.82) is 0 Å². The molecule has 0 atom stereocenters. The smallest absolute Gasteiger partial charge is 0.236 e. The predicted octanol–water partition coefficient (Wildman–Crippen LogP) is 4.76. The van der Waals surface area contributed by atoms with E-state index in [0.717, 1.165) is 11.1 Å². The van der Waals surface area contributed by atoms with Crippen molar-refractivity contribution in [2.75, 3.05) is 21.9 Å². The number of carbonyl (C=O) groups excluding carboxylic acids is 1. The van der Waals surface area contributed by atoms with E-state index in [1.807, 2.05) is 48.5 Å². The molecule has 8 heteroatoms. The van der Waals surface area contributed by atoms with Crippen molar-refractivity contribution >= 4 is 38.9 Å². The van der Waals surface area contributed by atoms with Gasteiger partial charge in [0.15, 0.2) is 0 Å². The first-order valence-corrected chi connectivity index (χ1v) is 11.9. The van der Waals surface area contributed by atoms with Crippen LogP contribution in [0, 0.1) is 0 Å². The van der Waals surface area contributed by atoms with E-state index in [1.54, 1.807) is 18.2 Å². The number of anilines is 2. The minimum absolute atomic E-state index is 0.118. The van der Waals surface area contributed by atoms with Gasteiger partial charge in [0.05, 0.1) is 28.1 Å². The van der Waals surface area contributed by atoms with Crippen LogP contribution in [0.3, 0.4) is 0 Å². The van der Waals surface area contributed by atoms with Crippen LogP contribution in [0.15, 0.2) is 66.7 Å². The van der Waals surface area contributed by atoms with Crippen LogP contribution in [0.1, 0.15) is 23.5 Å². The number of fused-ring (bicyclic) bond motifs is 2. The second-order valence-corrected chi connectivity index (χ2v) is 9.93. The second-order valence-electron chi connectivity index (χ2n) is 7.51. The number of ether oxygens (including phenoxy) is 1. The summed E-state index contributed by atoms with van der Waals surface area (Å²) >= 11 is 6.35. The predicted molar refractivity (Wildman–Crippen MR) is 121 cm³/mol. The molecular weight excluding hydrogens is 436 g/mol. The Bertz CT molecular complexity index is 1250. The second kappa shape index (κ2) is 7.59. The van der Waals surface area contributed by atoms with Crippen LogP contribution >= 0.6 is 11.6 Å². The maximum atomic E-state index is 13.4. The standard InChI is InChI=1S/C23H19ClN2O4S/c24-18-11-10-15(26-12-5-13-31(26,28)29)14-19(18)25-23(27)22-16-6-1-3-8-20(16)30-21-9-4-2-7-17(21)22/h1-4,6-11,14,22H,5,12-13H2,(H,25,27). The lowest BCUT2D eigenvalue weighted by molar-refractivity contribution is -0.116. The van der Waals surface area contributed by atoms with Crippen LogP contribution in [-0.4, -0.2) is 26.6 Å². The molecule has 1 fully saturated rings. The molecule has 158 valence electrons. The number of nitrogens with one attached hydrogen (secondary N) is 1. The first-order chi connectivity index (χ1) is 14.9. The number of halogens is 1. The molecule has 1 saturated heterocycles. The summed E-state index contributed by atoms with van der Waals surface area (Å²) in [6.07, 6.45) is 0.572. The van der Waals surface area contributed by atoms with E-state index >= 15 is 0 Å². The van der Waals surface area contributed by atoms with Crippen LogP contribution in [0.2, 0.25) is 5.02 Å². The Balaban J connectivity index is 1.51. The Labute approximate surface area is 185 Å². The molecule has 3 aromatic carbocycles. The number of sulfonamides is 1. The number of benzene rings is 3. The average molecular weight is 455 g/mol. The van der Waals surface area contributed by atoms with Crippen LogP contribution in [0.4, 0.5) is 11.4 Å². The summed E-state index contributed by atoms with van der Waals surface area (Å²) in [4.78, 5) is 13.4. The van der Waals surface area contributed by atoms with Crippen molar-refractivity contribution in [3.63, 3.8) is 0 Å². The maximum absolute atomic E-state index is 13.4. The molecule has 3 aromatic rings. The summed E-state index contributed by atoms with van der Waals surface area (Å²) < 4.78 is 31.9. The highest BCUT2D eigenvalue weighted by Gasteiger charge is 2.33. The average Bonchev–Trinajstić information content (AvgIpc) is 3.12. The molecule has 0 aromatic heterocycles. The number of hydrogen-bond acceptors (Lipinski definition) is 4. The molecule has 0 radical (unpaired) electrons. The summed E-state index contributed by atoms with van der Waals surface area (Å²) in [7, 11) is -3.34. The summed E-state index contributed by atoms with van der Waals surface area (Å²) in [5, 5.41) is 3.24. The SMILES string of the molecule is O=C(Nc1cc(N2CCCS2(=O)=O)ccc1Cl)C1c2ccccc2Oc2ccccc21. The van der Waals surface area contributed by atoms with Crippen molar-refractivity contribution in [3.8, 4) is 11.5 Å². The monoisotopic (exact) mass is 454 g/mol. The van der Waals surface area contributed by atoms with Gasteiger partial charge in [0.25, 0.3) is 0 Å². The van der Waals surface area contributed by atoms with Crippen molar-refractivity contribution in [2.24, 2.45) is 0 Å². The molecule has 5 rings (SSSR count). The van der Waals surface area contributed by atoms with E-state index < -0.39 is 15.9 Å². The molecule has 0 unspecified atom stereocenters. The van der Waals surface area contributed by atoms with Crippen LogP contribution < -0.4 is 14.4 Å². The Morgan fingerprint density at radius 3 is 2.26 bits per heavy atom. The molecule has 2 aliphatic heterocycles. The third-order valence-corrected chi connectivity index (χ3v) is 7.74.